The maximum absolute atomic E-state index is 13.0. The molecule has 0 aliphatic heterocycles. The SMILES string of the molecule is Cc1ccccc1Nc1nc(N)nc(CSc2nnc(NCc3ccc(F)cc3)s2)n1. The van der Waals surface area contributed by atoms with E-state index >= 15 is 0 Å². The summed E-state index contributed by atoms with van der Waals surface area (Å²) in [7, 11) is 0. The minimum absolute atomic E-state index is 0.153. The number of aryl methyl sites for hydroxylation is 1. The summed E-state index contributed by atoms with van der Waals surface area (Å²) in [5.41, 5.74) is 8.80. The van der Waals surface area contributed by atoms with Crippen molar-refractivity contribution in [2.75, 3.05) is 16.4 Å². The number of aromatic nitrogens is 5. The third-order valence-corrected chi connectivity index (χ3v) is 6.19. The molecule has 8 nitrogen and oxygen atoms in total. The van der Waals surface area contributed by atoms with E-state index in [1.807, 2.05) is 31.2 Å². The number of anilines is 4. The highest BCUT2D eigenvalue weighted by molar-refractivity contribution is 8.00. The van der Waals surface area contributed by atoms with Gasteiger partial charge in [0.25, 0.3) is 0 Å². The van der Waals surface area contributed by atoms with Gasteiger partial charge in [0.05, 0.1) is 5.75 Å². The van der Waals surface area contributed by atoms with Crippen LogP contribution in [-0.2, 0) is 12.3 Å². The summed E-state index contributed by atoms with van der Waals surface area (Å²) in [5, 5.41) is 15.4. The molecule has 0 fully saturated rings. The first-order chi connectivity index (χ1) is 15.0. The number of hydrogen-bond acceptors (Lipinski definition) is 10. The number of nitrogen functional groups attached to an aromatic ring is 1. The van der Waals surface area contributed by atoms with Crippen LogP contribution in [0.25, 0.3) is 0 Å². The third kappa shape index (κ3) is 5.86. The van der Waals surface area contributed by atoms with E-state index in [0.717, 1.165) is 21.2 Å². The van der Waals surface area contributed by atoms with Crippen LogP contribution in [0, 0.1) is 12.7 Å². The highest BCUT2D eigenvalue weighted by Gasteiger charge is 2.10. The van der Waals surface area contributed by atoms with Gasteiger partial charge in [0.1, 0.15) is 11.6 Å². The lowest BCUT2D eigenvalue weighted by molar-refractivity contribution is 0.627. The summed E-state index contributed by atoms with van der Waals surface area (Å²) in [6.45, 7) is 2.54. The first-order valence-corrected chi connectivity index (χ1v) is 11.1. The van der Waals surface area contributed by atoms with Crippen molar-refractivity contribution in [3.63, 3.8) is 0 Å². The van der Waals surface area contributed by atoms with E-state index < -0.39 is 0 Å². The van der Waals surface area contributed by atoms with Crippen LogP contribution in [0.1, 0.15) is 17.0 Å². The normalized spacial score (nSPS) is 10.8. The zero-order valence-electron chi connectivity index (χ0n) is 16.5. The monoisotopic (exact) mass is 454 g/mol. The summed E-state index contributed by atoms with van der Waals surface area (Å²) < 4.78 is 13.8. The Morgan fingerprint density at radius 3 is 2.65 bits per heavy atom. The highest BCUT2D eigenvalue weighted by Crippen LogP contribution is 2.28. The number of para-hydroxylation sites is 1. The van der Waals surface area contributed by atoms with Gasteiger partial charge in [-0.25, -0.2) is 4.39 Å². The average Bonchev–Trinajstić information content (AvgIpc) is 3.21. The van der Waals surface area contributed by atoms with Gasteiger partial charge in [0.2, 0.25) is 17.0 Å². The Morgan fingerprint density at radius 1 is 1.03 bits per heavy atom. The number of rotatable bonds is 8. The van der Waals surface area contributed by atoms with Crippen LogP contribution in [-0.4, -0.2) is 25.1 Å². The standard InChI is InChI=1S/C20H19FN8S2/c1-12-4-2-3-5-15(12)24-18-26-16(25-17(22)27-18)11-30-20-29-28-19(31-20)23-10-13-6-8-14(21)9-7-13/h2-9H,10-11H2,1H3,(H,23,28)(H3,22,24,25,26,27). The van der Waals surface area contributed by atoms with Crippen molar-refractivity contribution in [3.05, 3.63) is 71.3 Å². The molecule has 0 atom stereocenters. The van der Waals surface area contributed by atoms with Crippen molar-refractivity contribution in [3.8, 4) is 0 Å². The van der Waals surface area contributed by atoms with Gasteiger partial charge < -0.3 is 16.4 Å². The van der Waals surface area contributed by atoms with Gasteiger partial charge in [-0.2, -0.15) is 15.0 Å². The first kappa shape index (κ1) is 20.9. The molecule has 4 N–H and O–H groups in total. The largest absolute Gasteiger partial charge is 0.368 e. The molecule has 2 aromatic carbocycles. The Morgan fingerprint density at radius 2 is 1.84 bits per heavy atom. The number of benzene rings is 2. The molecule has 4 rings (SSSR count). The molecule has 4 aromatic rings. The Kier molecular flexibility index (Phi) is 6.53. The van der Waals surface area contributed by atoms with Crippen molar-refractivity contribution >= 4 is 45.8 Å². The Hall–Kier alpha value is -3.31. The second-order valence-corrected chi connectivity index (χ2v) is 8.72. The number of nitrogens with two attached hydrogens (primary N) is 1. The molecule has 0 bridgehead atoms. The van der Waals surface area contributed by atoms with Crippen molar-refractivity contribution < 1.29 is 4.39 Å². The van der Waals surface area contributed by atoms with E-state index in [9.17, 15) is 4.39 Å². The van der Waals surface area contributed by atoms with E-state index in [1.54, 1.807) is 12.1 Å². The fraction of sp³-hybridized carbons (Fsp3) is 0.150. The first-order valence-electron chi connectivity index (χ1n) is 9.33. The predicted octanol–water partition coefficient (Wildman–Crippen LogP) is 4.40. The van der Waals surface area contributed by atoms with Crippen LogP contribution in [0.2, 0.25) is 0 Å². The number of hydrogen-bond donors (Lipinski definition) is 3. The van der Waals surface area contributed by atoms with Crippen LogP contribution in [0.15, 0.2) is 52.9 Å². The van der Waals surface area contributed by atoms with Crippen molar-refractivity contribution in [1.29, 1.82) is 0 Å². The second kappa shape index (κ2) is 9.67. The van der Waals surface area contributed by atoms with Crippen molar-refractivity contribution in [2.45, 2.75) is 23.6 Å². The van der Waals surface area contributed by atoms with Crippen molar-refractivity contribution in [1.82, 2.24) is 25.1 Å². The van der Waals surface area contributed by atoms with E-state index in [1.165, 1.54) is 35.2 Å². The molecule has 0 aliphatic carbocycles. The van der Waals surface area contributed by atoms with E-state index in [4.69, 9.17) is 5.73 Å². The summed E-state index contributed by atoms with van der Waals surface area (Å²) >= 11 is 2.89. The van der Waals surface area contributed by atoms with Crippen LogP contribution >= 0.6 is 23.1 Å². The molecule has 0 saturated carbocycles. The lowest BCUT2D eigenvalue weighted by Crippen LogP contribution is -2.07. The molecule has 0 saturated heterocycles. The molecule has 158 valence electrons. The predicted molar refractivity (Wildman–Crippen MR) is 122 cm³/mol. The summed E-state index contributed by atoms with van der Waals surface area (Å²) in [4.78, 5) is 12.8. The number of nitrogens with zero attached hydrogens (tertiary/aromatic N) is 5. The van der Waals surface area contributed by atoms with Crippen LogP contribution in [0.3, 0.4) is 0 Å². The Bertz CT molecular complexity index is 1170. The van der Waals surface area contributed by atoms with E-state index in [0.29, 0.717) is 29.2 Å². The highest BCUT2D eigenvalue weighted by atomic mass is 32.2. The molecule has 2 aromatic heterocycles. The molecule has 31 heavy (non-hydrogen) atoms. The van der Waals surface area contributed by atoms with Crippen LogP contribution in [0.5, 0.6) is 0 Å². The summed E-state index contributed by atoms with van der Waals surface area (Å²) in [6.07, 6.45) is 0. The topological polar surface area (TPSA) is 115 Å². The smallest absolute Gasteiger partial charge is 0.232 e. The lowest BCUT2D eigenvalue weighted by atomic mass is 10.2. The molecular weight excluding hydrogens is 435 g/mol. The van der Waals surface area contributed by atoms with Gasteiger partial charge in [-0.3, -0.25) is 0 Å². The molecular formula is C20H19FN8S2. The minimum atomic E-state index is -0.255. The number of thioether (sulfide) groups is 1. The summed E-state index contributed by atoms with van der Waals surface area (Å²) in [6, 6.07) is 14.2. The number of nitrogens with one attached hydrogen (secondary N) is 2. The molecule has 0 spiro atoms. The van der Waals surface area contributed by atoms with Gasteiger partial charge in [0, 0.05) is 12.2 Å². The van der Waals surface area contributed by atoms with Gasteiger partial charge in [0.15, 0.2) is 4.34 Å². The zero-order chi connectivity index (χ0) is 21.6. The number of halogens is 1. The lowest BCUT2D eigenvalue weighted by Gasteiger charge is -2.09. The molecule has 0 radical (unpaired) electrons. The average molecular weight is 455 g/mol. The zero-order valence-corrected chi connectivity index (χ0v) is 18.2. The minimum Gasteiger partial charge on any atom is -0.368 e. The maximum atomic E-state index is 13.0. The molecule has 11 heteroatoms. The summed E-state index contributed by atoms with van der Waals surface area (Å²) in [5.74, 6) is 1.32. The van der Waals surface area contributed by atoms with Crippen LogP contribution in [0.4, 0.5) is 27.1 Å². The van der Waals surface area contributed by atoms with Gasteiger partial charge in [-0.05, 0) is 36.2 Å². The third-order valence-electron chi connectivity index (χ3n) is 4.18. The Labute approximate surface area is 186 Å². The fourth-order valence-electron chi connectivity index (χ4n) is 2.64. The van der Waals surface area contributed by atoms with E-state index in [-0.39, 0.29) is 11.8 Å². The van der Waals surface area contributed by atoms with Crippen molar-refractivity contribution in [2.24, 2.45) is 0 Å². The van der Waals surface area contributed by atoms with Gasteiger partial charge >= 0.3 is 0 Å². The second-order valence-electron chi connectivity index (χ2n) is 6.52. The van der Waals surface area contributed by atoms with E-state index in [2.05, 4.69) is 35.8 Å². The molecule has 2 heterocycles. The quantitative estimate of drug-likeness (QED) is 0.333. The molecule has 0 unspecified atom stereocenters. The maximum Gasteiger partial charge on any atom is 0.232 e. The van der Waals surface area contributed by atoms with Crippen LogP contribution < -0.4 is 16.4 Å². The molecule has 0 aliphatic rings. The molecule has 0 amide bonds. The Balaban J connectivity index is 1.35. The fourth-order valence-corrected chi connectivity index (χ4v) is 4.24. The van der Waals surface area contributed by atoms with Gasteiger partial charge in [-0.15, -0.1) is 10.2 Å². The van der Waals surface area contributed by atoms with Gasteiger partial charge in [-0.1, -0.05) is 53.4 Å².